The number of allylic oxidation sites excluding steroid dienone is 1. The van der Waals surface area contributed by atoms with Gasteiger partial charge in [-0.15, -0.1) is 0 Å². The Bertz CT molecular complexity index is 273. The molecule has 0 radical (unpaired) electrons. The van der Waals surface area contributed by atoms with E-state index in [-0.39, 0.29) is 11.4 Å². The van der Waals surface area contributed by atoms with E-state index in [9.17, 15) is 4.79 Å². The number of hydrogen-bond acceptors (Lipinski definition) is 2. The van der Waals surface area contributed by atoms with E-state index in [1.54, 1.807) is 0 Å². The summed E-state index contributed by atoms with van der Waals surface area (Å²) < 4.78 is 4.80. The average molecular weight is 238 g/mol. The quantitative estimate of drug-likeness (QED) is 0.529. The fourth-order valence-electron chi connectivity index (χ4n) is 2.93. The lowest BCUT2D eigenvalue weighted by Crippen LogP contribution is -2.23. The van der Waals surface area contributed by atoms with Crippen molar-refractivity contribution in [3.63, 3.8) is 0 Å². The van der Waals surface area contributed by atoms with Crippen LogP contribution in [-0.4, -0.2) is 13.1 Å². The van der Waals surface area contributed by atoms with Gasteiger partial charge in [-0.2, -0.15) is 0 Å². The van der Waals surface area contributed by atoms with Crippen molar-refractivity contribution in [3.8, 4) is 0 Å². The molecule has 17 heavy (non-hydrogen) atoms. The maximum absolute atomic E-state index is 11.5. The van der Waals surface area contributed by atoms with Gasteiger partial charge in [-0.25, -0.2) is 4.79 Å². The van der Waals surface area contributed by atoms with Crippen LogP contribution in [0.5, 0.6) is 0 Å². The molecule has 1 aliphatic rings. The predicted octanol–water partition coefficient (Wildman–Crippen LogP) is 4.25. The van der Waals surface area contributed by atoms with Crippen molar-refractivity contribution in [1.29, 1.82) is 0 Å². The Morgan fingerprint density at radius 3 is 2.47 bits per heavy atom. The van der Waals surface area contributed by atoms with Gasteiger partial charge in [-0.3, -0.25) is 0 Å². The molecule has 0 aromatic rings. The van der Waals surface area contributed by atoms with Crippen LogP contribution in [0.4, 0.5) is 0 Å². The molecule has 0 amide bonds. The number of hydrogen-bond donors (Lipinski definition) is 0. The van der Waals surface area contributed by atoms with Gasteiger partial charge in [0.05, 0.1) is 7.11 Å². The fraction of sp³-hybridized carbons (Fsp3) is 0.800. The van der Waals surface area contributed by atoms with Gasteiger partial charge in [0.2, 0.25) is 0 Å². The lowest BCUT2D eigenvalue weighted by Gasteiger charge is -2.35. The third-order valence-corrected chi connectivity index (χ3v) is 3.91. The van der Waals surface area contributed by atoms with Gasteiger partial charge >= 0.3 is 5.97 Å². The number of carbonyl (C=O) groups is 1. The van der Waals surface area contributed by atoms with Gasteiger partial charge in [0.15, 0.2) is 0 Å². The summed E-state index contributed by atoms with van der Waals surface area (Å²) in [6, 6.07) is 0. The van der Waals surface area contributed by atoms with E-state index < -0.39 is 0 Å². The van der Waals surface area contributed by atoms with E-state index >= 15 is 0 Å². The molecule has 0 bridgehead atoms. The molecule has 98 valence electrons. The molecule has 1 aliphatic carbocycles. The normalized spacial score (nSPS) is 20.1. The molecule has 1 saturated carbocycles. The molecule has 0 aromatic carbocycles. The third-order valence-electron chi connectivity index (χ3n) is 3.91. The minimum absolute atomic E-state index is 0.175. The van der Waals surface area contributed by atoms with Crippen LogP contribution in [0.2, 0.25) is 0 Å². The second kappa shape index (κ2) is 6.83. The van der Waals surface area contributed by atoms with Crippen LogP contribution in [0.3, 0.4) is 0 Å². The predicted molar refractivity (Wildman–Crippen MR) is 70.8 cm³/mol. The number of rotatable bonds is 5. The third kappa shape index (κ3) is 4.18. The minimum atomic E-state index is -0.175. The van der Waals surface area contributed by atoms with Gasteiger partial charge in [0.1, 0.15) is 0 Å². The summed E-state index contributed by atoms with van der Waals surface area (Å²) in [6.45, 7) is 4.11. The topological polar surface area (TPSA) is 26.3 Å². The molecule has 2 nitrogen and oxygen atoms in total. The Morgan fingerprint density at radius 2 is 1.94 bits per heavy atom. The summed E-state index contributed by atoms with van der Waals surface area (Å²) in [7, 11) is 1.46. The molecular weight excluding hydrogens is 212 g/mol. The van der Waals surface area contributed by atoms with Crippen LogP contribution >= 0.6 is 0 Å². The lowest BCUT2D eigenvalue weighted by molar-refractivity contribution is -0.136. The van der Waals surface area contributed by atoms with E-state index in [4.69, 9.17) is 4.74 Å². The molecule has 0 saturated heterocycles. The number of methoxy groups -OCH3 is 1. The summed E-state index contributed by atoms with van der Waals surface area (Å²) in [5, 5.41) is 0. The molecule has 0 unspecified atom stereocenters. The summed E-state index contributed by atoms with van der Waals surface area (Å²) in [6.07, 6.45) is 12.3. The summed E-state index contributed by atoms with van der Waals surface area (Å²) in [4.78, 5) is 11.5. The molecule has 0 spiro atoms. The second-order valence-electron chi connectivity index (χ2n) is 5.35. The smallest absolute Gasteiger partial charge is 0.333 e. The van der Waals surface area contributed by atoms with Gasteiger partial charge in [-0.05, 0) is 31.6 Å². The van der Waals surface area contributed by atoms with Crippen molar-refractivity contribution in [1.82, 2.24) is 0 Å². The first kappa shape index (κ1) is 14.3. The second-order valence-corrected chi connectivity index (χ2v) is 5.35. The molecular formula is C15H26O2. The number of esters is 1. The highest BCUT2D eigenvalue weighted by Gasteiger charge is 2.30. The molecule has 0 N–H and O–H groups in total. The molecule has 0 aliphatic heterocycles. The van der Waals surface area contributed by atoms with Crippen molar-refractivity contribution >= 4 is 5.97 Å². The first-order valence-electron chi connectivity index (χ1n) is 6.91. The number of unbranched alkanes of at least 4 members (excludes halogenated alkanes) is 1. The SMILES string of the molecule is CCCCC1(C=C(C)C(=O)OC)CCCCC1. The molecule has 0 heterocycles. The van der Waals surface area contributed by atoms with Crippen LogP contribution in [-0.2, 0) is 9.53 Å². The van der Waals surface area contributed by atoms with Crippen molar-refractivity contribution in [2.45, 2.75) is 65.2 Å². The number of carbonyl (C=O) groups excluding carboxylic acids is 1. The first-order chi connectivity index (χ1) is 8.13. The van der Waals surface area contributed by atoms with Crippen LogP contribution in [0.1, 0.15) is 65.2 Å². The lowest BCUT2D eigenvalue weighted by atomic mass is 9.70. The summed E-state index contributed by atoms with van der Waals surface area (Å²) in [5.41, 5.74) is 1.05. The zero-order chi connectivity index (χ0) is 12.7. The van der Waals surface area contributed by atoms with Crippen molar-refractivity contribution in [3.05, 3.63) is 11.6 Å². The van der Waals surface area contributed by atoms with Crippen molar-refractivity contribution in [2.24, 2.45) is 5.41 Å². The largest absolute Gasteiger partial charge is 0.466 e. The highest BCUT2D eigenvalue weighted by atomic mass is 16.5. The Kier molecular flexibility index (Phi) is 5.73. The van der Waals surface area contributed by atoms with E-state index in [0.717, 1.165) is 5.57 Å². The van der Waals surface area contributed by atoms with E-state index in [1.165, 1.54) is 58.5 Å². The Labute approximate surface area is 105 Å². The Hall–Kier alpha value is -0.790. The standard InChI is InChI=1S/C15H26O2/c1-4-5-9-15(10-7-6-8-11-15)12-13(2)14(16)17-3/h12H,4-11H2,1-3H3. The van der Waals surface area contributed by atoms with Crippen molar-refractivity contribution < 1.29 is 9.53 Å². The number of ether oxygens (including phenoxy) is 1. The van der Waals surface area contributed by atoms with Crippen molar-refractivity contribution in [2.75, 3.05) is 7.11 Å². The maximum Gasteiger partial charge on any atom is 0.333 e. The molecule has 2 heteroatoms. The van der Waals surface area contributed by atoms with Crippen LogP contribution < -0.4 is 0 Å². The molecule has 1 rings (SSSR count). The highest BCUT2D eigenvalue weighted by molar-refractivity contribution is 5.87. The minimum Gasteiger partial charge on any atom is -0.466 e. The zero-order valence-electron chi connectivity index (χ0n) is 11.6. The van der Waals surface area contributed by atoms with Crippen LogP contribution in [0.15, 0.2) is 11.6 Å². The maximum atomic E-state index is 11.5. The van der Waals surface area contributed by atoms with Crippen LogP contribution in [0.25, 0.3) is 0 Å². The van der Waals surface area contributed by atoms with Crippen LogP contribution in [0, 0.1) is 5.41 Å². The monoisotopic (exact) mass is 238 g/mol. The van der Waals surface area contributed by atoms with Gasteiger partial charge < -0.3 is 4.74 Å². The molecule has 1 fully saturated rings. The van der Waals surface area contributed by atoms with Gasteiger partial charge in [-0.1, -0.05) is 45.1 Å². The zero-order valence-corrected chi connectivity index (χ0v) is 11.6. The summed E-state index contributed by atoms with van der Waals surface area (Å²) >= 11 is 0. The Balaban J connectivity index is 2.78. The average Bonchev–Trinajstić information content (AvgIpc) is 2.36. The van der Waals surface area contributed by atoms with E-state index in [0.29, 0.717) is 0 Å². The van der Waals surface area contributed by atoms with E-state index in [2.05, 4.69) is 13.0 Å². The van der Waals surface area contributed by atoms with E-state index in [1.807, 2.05) is 6.92 Å². The fourth-order valence-corrected chi connectivity index (χ4v) is 2.93. The first-order valence-corrected chi connectivity index (χ1v) is 6.91. The molecule has 0 atom stereocenters. The van der Waals surface area contributed by atoms with Gasteiger partial charge in [0, 0.05) is 5.57 Å². The Morgan fingerprint density at radius 1 is 1.29 bits per heavy atom. The molecule has 0 aromatic heterocycles. The summed E-state index contributed by atoms with van der Waals surface area (Å²) in [5.74, 6) is -0.175. The highest BCUT2D eigenvalue weighted by Crippen LogP contribution is 2.42. The van der Waals surface area contributed by atoms with Gasteiger partial charge in [0.25, 0.3) is 0 Å².